The predicted octanol–water partition coefficient (Wildman–Crippen LogP) is 3.02. The Bertz CT molecular complexity index is 1210. The molecule has 0 saturated carbocycles. The summed E-state index contributed by atoms with van der Waals surface area (Å²) in [4.78, 5) is 12.0. The minimum absolute atomic E-state index is 0.310. The first-order chi connectivity index (χ1) is 15.1. The molecular formula is C25H26N6. The summed E-state index contributed by atoms with van der Waals surface area (Å²) >= 11 is 0. The van der Waals surface area contributed by atoms with Gasteiger partial charge in [-0.2, -0.15) is 5.26 Å². The Labute approximate surface area is 182 Å². The van der Waals surface area contributed by atoms with Crippen LogP contribution in [0.4, 0.5) is 11.4 Å². The van der Waals surface area contributed by atoms with Crippen molar-refractivity contribution >= 4 is 22.3 Å². The van der Waals surface area contributed by atoms with Gasteiger partial charge in [0.1, 0.15) is 6.07 Å². The van der Waals surface area contributed by atoms with Crippen LogP contribution in [0.3, 0.4) is 0 Å². The van der Waals surface area contributed by atoms with Crippen LogP contribution in [0, 0.1) is 11.3 Å². The topological polar surface area (TPSA) is 72.4 Å². The van der Waals surface area contributed by atoms with Crippen LogP contribution in [0.5, 0.6) is 0 Å². The zero-order valence-electron chi connectivity index (χ0n) is 17.7. The highest BCUT2D eigenvalue weighted by molar-refractivity contribution is 5.95. The Morgan fingerprint density at radius 2 is 1.94 bits per heavy atom. The van der Waals surface area contributed by atoms with Gasteiger partial charge in [0.15, 0.2) is 0 Å². The van der Waals surface area contributed by atoms with E-state index in [9.17, 15) is 5.26 Å². The summed E-state index contributed by atoms with van der Waals surface area (Å²) in [5, 5.41) is 10.5. The summed E-state index contributed by atoms with van der Waals surface area (Å²) in [5.74, 6) is 0. The number of pyridine rings is 1. The Morgan fingerprint density at radius 1 is 1.06 bits per heavy atom. The lowest BCUT2D eigenvalue weighted by Crippen LogP contribution is -2.55. The summed E-state index contributed by atoms with van der Waals surface area (Å²) in [6.45, 7) is 7.16. The first-order valence-electron chi connectivity index (χ1n) is 11.0. The number of nitrogens with two attached hydrogens (primary N) is 1. The summed E-state index contributed by atoms with van der Waals surface area (Å²) < 4.78 is 0. The molecule has 31 heavy (non-hydrogen) atoms. The number of benzene rings is 2. The second kappa shape index (κ2) is 6.94. The molecule has 3 aliphatic heterocycles. The molecule has 6 rings (SSSR count). The number of nitrogens with zero attached hydrogens (tertiary/aromatic N) is 5. The number of nitriles is 1. The van der Waals surface area contributed by atoms with Gasteiger partial charge in [-0.1, -0.05) is 6.07 Å². The van der Waals surface area contributed by atoms with Crippen LogP contribution in [0.25, 0.3) is 10.9 Å². The van der Waals surface area contributed by atoms with Crippen LogP contribution in [0.15, 0.2) is 48.7 Å². The molecule has 156 valence electrons. The van der Waals surface area contributed by atoms with Crippen LogP contribution in [0.2, 0.25) is 0 Å². The van der Waals surface area contributed by atoms with E-state index < -0.39 is 0 Å². The standard InChI is InChI=1S/C25H26N6/c1-16-11-30(23-7-4-17(10-26)25-22(23)3-2-8-28-25)15-24-21-6-5-20(29-13-19(27)14-29)9-18(21)12-31(16)24/h2-9,16,19,24H,11-15,27H2,1H3/t16-,24-/m1/s1. The van der Waals surface area contributed by atoms with Crippen molar-refractivity contribution in [3.05, 3.63) is 65.4 Å². The molecule has 2 atom stereocenters. The summed E-state index contributed by atoms with van der Waals surface area (Å²) in [5.41, 5.74) is 12.8. The van der Waals surface area contributed by atoms with Crippen LogP contribution in [-0.2, 0) is 6.54 Å². The van der Waals surface area contributed by atoms with Gasteiger partial charge in [-0.3, -0.25) is 9.88 Å². The highest BCUT2D eigenvalue weighted by atomic mass is 15.3. The summed E-state index contributed by atoms with van der Waals surface area (Å²) in [7, 11) is 0. The number of fused-ring (bicyclic) bond motifs is 4. The lowest BCUT2D eigenvalue weighted by molar-refractivity contribution is 0.134. The van der Waals surface area contributed by atoms with Crippen molar-refractivity contribution in [2.24, 2.45) is 5.73 Å². The molecule has 0 bridgehead atoms. The summed E-state index contributed by atoms with van der Waals surface area (Å²) in [6, 6.07) is 18.4. The third kappa shape index (κ3) is 2.88. The molecular weight excluding hydrogens is 384 g/mol. The van der Waals surface area contributed by atoms with E-state index in [4.69, 9.17) is 5.73 Å². The number of aromatic nitrogens is 1. The highest BCUT2D eigenvalue weighted by Crippen LogP contribution is 2.42. The van der Waals surface area contributed by atoms with Crippen molar-refractivity contribution in [1.29, 1.82) is 5.26 Å². The quantitative estimate of drug-likeness (QED) is 0.700. The monoisotopic (exact) mass is 410 g/mol. The Balaban J connectivity index is 1.34. The van der Waals surface area contributed by atoms with Crippen LogP contribution in [-0.4, -0.2) is 48.1 Å². The zero-order chi connectivity index (χ0) is 21.1. The van der Waals surface area contributed by atoms with Crippen molar-refractivity contribution in [3.63, 3.8) is 0 Å². The zero-order valence-corrected chi connectivity index (χ0v) is 17.7. The molecule has 2 saturated heterocycles. The minimum atomic E-state index is 0.310. The molecule has 2 N–H and O–H groups in total. The fourth-order valence-electron chi connectivity index (χ4n) is 5.55. The van der Waals surface area contributed by atoms with E-state index in [0.29, 0.717) is 23.7 Å². The van der Waals surface area contributed by atoms with E-state index >= 15 is 0 Å². The van der Waals surface area contributed by atoms with Crippen molar-refractivity contribution in [2.45, 2.75) is 31.6 Å². The lowest BCUT2D eigenvalue weighted by atomic mass is 9.99. The molecule has 3 aliphatic rings. The fourth-order valence-corrected chi connectivity index (χ4v) is 5.55. The third-order valence-electron chi connectivity index (χ3n) is 7.17. The molecule has 1 aromatic heterocycles. The van der Waals surface area contributed by atoms with E-state index in [1.54, 1.807) is 6.20 Å². The van der Waals surface area contributed by atoms with Gasteiger partial charge in [0.05, 0.1) is 17.1 Å². The maximum Gasteiger partial charge on any atom is 0.101 e. The Kier molecular flexibility index (Phi) is 4.17. The molecule has 0 amide bonds. The fraction of sp³-hybridized carbons (Fsp3) is 0.360. The molecule has 0 spiro atoms. The van der Waals surface area contributed by atoms with E-state index in [-0.39, 0.29) is 0 Å². The molecule has 0 unspecified atom stereocenters. The van der Waals surface area contributed by atoms with E-state index in [0.717, 1.165) is 43.6 Å². The lowest BCUT2D eigenvalue weighted by Gasteiger charge is -2.44. The van der Waals surface area contributed by atoms with Gasteiger partial charge < -0.3 is 15.5 Å². The highest BCUT2D eigenvalue weighted by Gasteiger charge is 2.39. The average Bonchev–Trinajstić information content (AvgIpc) is 3.14. The molecule has 6 heteroatoms. The molecule has 2 fully saturated rings. The number of piperazine rings is 1. The van der Waals surface area contributed by atoms with E-state index in [1.807, 2.05) is 12.1 Å². The van der Waals surface area contributed by atoms with Gasteiger partial charge in [-0.15, -0.1) is 0 Å². The van der Waals surface area contributed by atoms with Gasteiger partial charge in [0, 0.05) is 67.8 Å². The van der Waals surface area contributed by atoms with Gasteiger partial charge >= 0.3 is 0 Å². The first kappa shape index (κ1) is 18.6. The molecule has 0 aliphatic carbocycles. The van der Waals surface area contributed by atoms with Crippen molar-refractivity contribution < 1.29 is 0 Å². The number of rotatable bonds is 2. The van der Waals surface area contributed by atoms with Gasteiger partial charge in [-0.25, -0.2) is 0 Å². The summed E-state index contributed by atoms with van der Waals surface area (Å²) in [6.07, 6.45) is 1.77. The normalized spacial score (nSPS) is 23.4. The van der Waals surface area contributed by atoms with Gasteiger partial charge in [-0.05, 0) is 54.4 Å². The molecule has 3 aromatic rings. The Morgan fingerprint density at radius 3 is 2.74 bits per heavy atom. The second-order valence-electron chi connectivity index (χ2n) is 9.13. The van der Waals surface area contributed by atoms with Gasteiger partial charge in [0.2, 0.25) is 0 Å². The van der Waals surface area contributed by atoms with Crippen LogP contribution in [0.1, 0.15) is 29.7 Å². The van der Waals surface area contributed by atoms with E-state index in [1.165, 1.54) is 22.5 Å². The smallest absolute Gasteiger partial charge is 0.101 e. The van der Waals surface area contributed by atoms with Crippen LogP contribution >= 0.6 is 0 Å². The van der Waals surface area contributed by atoms with Crippen LogP contribution < -0.4 is 15.5 Å². The first-order valence-corrected chi connectivity index (χ1v) is 11.0. The molecule has 6 nitrogen and oxygen atoms in total. The van der Waals surface area contributed by atoms with Crippen molar-refractivity contribution in [2.75, 3.05) is 36.0 Å². The minimum Gasteiger partial charge on any atom is -0.368 e. The Hall–Kier alpha value is -3.14. The van der Waals surface area contributed by atoms with E-state index in [2.05, 4.69) is 63.0 Å². The van der Waals surface area contributed by atoms with Crippen molar-refractivity contribution in [1.82, 2.24) is 9.88 Å². The van der Waals surface area contributed by atoms with Gasteiger partial charge in [0.25, 0.3) is 0 Å². The SMILES string of the molecule is C[C@@H]1CN(c2ccc(C#N)c3ncccc23)C[C@@H]2c3ccc(N4CC(N)C4)cc3CN12. The number of anilines is 2. The second-order valence-corrected chi connectivity index (χ2v) is 9.13. The number of hydrogen-bond donors (Lipinski definition) is 1. The maximum atomic E-state index is 9.49. The maximum absolute atomic E-state index is 9.49. The average molecular weight is 411 g/mol. The van der Waals surface area contributed by atoms with Crippen molar-refractivity contribution in [3.8, 4) is 6.07 Å². The third-order valence-corrected chi connectivity index (χ3v) is 7.17. The molecule has 2 aromatic carbocycles. The largest absolute Gasteiger partial charge is 0.368 e. The molecule has 0 radical (unpaired) electrons. The number of hydrogen-bond acceptors (Lipinski definition) is 6. The predicted molar refractivity (Wildman–Crippen MR) is 123 cm³/mol. The molecule has 4 heterocycles.